The number of alkyl halides is 2. The molecular weight excluding hydrogens is 314 g/mol. The average molecular weight is 334 g/mol. The van der Waals surface area contributed by atoms with Crippen molar-refractivity contribution in [2.24, 2.45) is 7.05 Å². The number of nitrogens with zero attached hydrogens (tertiary/aromatic N) is 4. The normalized spacial score (nSPS) is 22.9. The number of pyridine rings is 1. The lowest BCUT2D eigenvalue weighted by molar-refractivity contribution is 0.135. The number of hydrogen-bond donors (Lipinski definition) is 2. The van der Waals surface area contributed by atoms with Crippen LogP contribution in [-0.4, -0.2) is 38.4 Å². The van der Waals surface area contributed by atoms with E-state index in [0.717, 1.165) is 59.7 Å². The standard InChI is InChI=1S/C16H20F2N6/c1-9-11(14-21-15(12(17)18)24(2)23-14)7-10-3-4-16(5-6-19-8-16)22-13(10)20-9/h7,12,19H,3-6,8H2,1-2H3,(H,20,22)/t16-/m0/s1. The summed E-state index contributed by atoms with van der Waals surface area (Å²) in [6.45, 7) is 3.84. The molecule has 6 nitrogen and oxygen atoms in total. The summed E-state index contributed by atoms with van der Waals surface area (Å²) in [5.74, 6) is 0.885. The molecule has 0 aromatic carbocycles. The van der Waals surface area contributed by atoms with E-state index in [1.807, 2.05) is 13.0 Å². The molecule has 1 atom stereocenters. The highest BCUT2D eigenvalue weighted by Crippen LogP contribution is 2.36. The number of anilines is 1. The van der Waals surface area contributed by atoms with Gasteiger partial charge in [-0.15, -0.1) is 0 Å². The van der Waals surface area contributed by atoms with Crippen LogP contribution in [0.15, 0.2) is 6.07 Å². The van der Waals surface area contributed by atoms with Gasteiger partial charge >= 0.3 is 0 Å². The largest absolute Gasteiger partial charge is 0.363 e. The molecule has 0 saturated carbocycles. The van der Waals surface area contributed by atoms with E-state index in [1.165, 1.54) is 7.05 Å². The Morgan fingerprint density at radius 3 is 2.79 bits per heavy atom. The third-order valence-corrected chi connectivity index (χ3v) is 5.03. The predicted molar refractivity (Wildman–Crippen MR) is 86.1 cm³/mol. The van der Waals surface area contributed by atoms with E-state index in [2.05, 4.69) is 25.7 Å². The zero-order chi connectivity index (χ0) is 16.9. The van der Waals surface area contributed by atoms with Crippen LogP contribution in [0.25, 0.3) is 11.4 Å². The van der Waals surface area contributed by atoms with E-state index in [-0.39, 0.29) is 11.4 Å². The van der Waals surface area contributed by atoms with Gasteiger partial charge in [0.25, 0.3) is 6.43 Å². The summed E-state index contributed by atoms with van der Waals surface area (Å²) in [5, 5.41) is 11.1. The summed E-state index contributed by atoms with van der Waals surface area (Å²) in [7, 11) is 1.48. The molecule has 1 fully saturated rings. The molecule has 1 spiro atoms. The number of fused-ring (bicyclic) bond motifs is 1. The molecule has 0 aliphatic carbocycles. The Kier molecular flexibility index (Phi) is 3.52. The molecule has 2 aliphatic rings. The number of halogens is 2. The third-order valence-electron chi connectivity index (χ3n) is 5.03. The minimum atomic E-state index is -2.64. The second-order valence-electron chi connectivity index (χ2n) is 6.68. The van der Waals surface area contributed by atoms with Gasteiger partial charge in [0, 0.05) is 19.2 Å². The van der Waals surface area contributed by atoms with Crippen LogP contribution >= 0.6 is 0 Å². The van der Waals surface area contributed by atoms with Crippen LogP contribution in [0.1, 0.15) is 36.3 Å². The first-order valence-corrected chi connectivity index (χ1v) is 8.16. The van der Waals surface area contributed by atoms with Gasteiger partial charge in [-0.05, 0) is 44.4 Å². The summed E-state index contributed by atoms with van der Waals surface area (Å²) in [4.78, 5) is 8.67. The highest BCUT2D eigenvalue weighted by molar-refractivity contribution is 5.64. The summed E-state index contributed by atoms with van der Waals surface area (Å²) >= 11 is 0. The molecule has 0 bridgehead atoms. The molecule has 0 radical (unpaired) electrons. The lowest BCUT2D eigenvalue weighted by atomic mass is 9.86. The summed E-state index contributed by atoms with van der Waals surface area (Å²) in [6.07, 6.45) is 0.404. The van der Waals surface area contributed by atoms with E-state index in [4.69, 9.17) is 0 Å². The van der Waals surface area contributed by atoms with Crippen molar-refractivity contribution in [3.05, 3.63) is 23.1 Å². The quantitative estimate of drug-likeness (QED) is 0.881. The van der Waals surface area contributed by atoms with Crippen LogP contribution in [0, 0.1) is 6.92 Å². The molecule has 2 aromatic heterocycles. The first-order valence-electron chi connectivity index (χ1n) is 8.16. The molecule has 1 saturated heterocycles. The van der Waals surface area contributed by atoms with Crippen LogP contribution < -0.4 is 10.6 Å². The molecule has 4 rings (SSSR count). The van der Waals surface area contributed by atoms with Crippen LogP contribution in [-0.2, 0) is 13.5 Å². The Labute approximate surface area is 138 Å². The molecule has 0 amide bonds. The first kappa shape index (κ1) is 15.4. The number of nitrogens with one attached hydrogen (secondary N) is 2. The van der Waals surface area contributed by atoms with E-state index >= 15 is 0 Å². The SMILES string of the molecule is Cc1nc2c(cc1-c1nc(C(F)F)n(C)n1)CC[C@@]1(CCNC1)N2. The fourth-order valence-electron chi connectivity index (χ4n) is 3.62. The fourth-order valence-corrected chi connectivity index (χ4v) is 3.62. The Bertz CT molecular complexity index is 779. The van der Waals surface area contributed by atoms with E-state index in [0.29, 0.717) is 5.82 Å². The fraction of sp³-hybridized carbons (Fsp3) is 0.562. The Morgan fingerprint density at radius 2 is 2.12 bits per heavy atom. The molecule has 2 N–H and O–H groups in total. The molecule has 4 heterocycles. The van der Waals surface area contributed by atoms with E-state index < -0.39 is 6.43 Å². The lowest BCUT2D eigenvalue weighted by Gasteiger charge is -2.35. The van der Waals surface area contributed by atoms with Gasteiger partial charge in [0.15, 0.2) is 11.6 Å². The smallest absolute Gasteiger partial charge is 0.297 e. The minimum absolute atomic E-state index is 0.0973. The monoisotopic (exact) mass is 334 g/mol. The molecule has 128 valence electrons. The molecule has 0 unspecified atom stereocenters. The van der Waals surface area contributed by atoms with Crippen molar-refractivity contribution in [2.75, 3.05) is 18.4 Å². The van der Waals surface area contributed by atoms with E-state index in [1.54, 1.807) is 0 Å². The van der Waals surface area contributed by atoms with E-state index in [9.17, 15) is 8.78 Å². The molecule has 8 heteroatoms. The number of aryl methyl sites for hydroxylation is 3. The molecular formula is C16H20F2N6. The van der Waals surface area contributed by atoms with Gasteiger partial charge in [-0.2, -0.15) is 5.10 Å². The van der Waals surface area contributed by atoms with Crippen LogP contribution in [0.2, 0.25) is 0 Å². The maximum Gasteiger partial charge on any atom is 0.297 e. The van der Waals surface area contributed by atoms with Crippen molar-refractivity contribution in [3.63, 3.8) is 0 Å². The van der Waals surface area contributed by atoms with Crippen molar-refractivity contribution >= 4 is 5.82 Å². The molecule has 2 aliphatic heterocycles. The van der Waals surface area contributed by atoms with Gasteiger partial charge < -0.3 is 10.6 Å². The zero-order valence-corrected chi connectivity index (χ0v) is 13.7. The zero-order valence-electron chi connectivity index (χ0n) is 13.7. The maximum absolute atomic E-state index is 12.9. The highest BCUT2D eigenvalue weighted by Gasteiger charge is 2.37. The van der Waals surface area contributed by atoms with Crippen molar-refractivity contribution < 1.29 is 8.78 Å². The average Bonchev–Trinajstić information content (AvgIpc) is 3.14. The first-order chi connectivity index (χ1) is 11.5. The molecule has 24 heavy (non-hydrogen) atoms. The number of rotatable bonds is 2. The summed E-state index contributed by atoms with van der Waals surface area (Å²) in [5.41, 5.74) is 2.66. The van der Waals surface area contributed by atoms with Crippen LogP contribution in [0.3, 0.4) is 0 Å². The van der Waals surface area contributed by atoms with Gasteiger partial charge in [-0.3, -0.25) is 0 Å². The Morgan fingerprint density at radius 1 is 1.29 bits per heavy atom. The van der Waals surface area contributed by atoms with Gasteiger partial charge in [0.05, 0.1) is 11.2 Å². The van der Waals surface area contributed by atoms with Crippen molar-refractivity contribution in [1.29, 1.82) is 0 Å². The second-order valence-corrected chi connectivity index (χ2v) is 6.68. The van der Waals surface area contributed by atoms with Gasteiger partial charge in [0.1, 0.15) is 5.82 Å². The van der Waals surface area contributed by atoms with Gasteiger partial charge in [-0.1, -0.05) is 0 Å². The summed E-state index contributed by atoms with van der Waals surface area (Å²) in [6, 6.07) is 1.99. The maximum atomic E-state index is 12.9. The topological polar surface area (TPSA) is 67.7 Å². The molecule has 2 aromatic rings. The lowest BCUT2D eigenvalue weighted by Crippen LogP contribution is -2.44. The van der Waals surface area contributed by atoms with Crippen molar-refractivity contribution in [3.8, 4) is 11.4 Å². The Hall–Kier alpha value is -2.09. The third kappa shape index (κ3) is 2.45. The minimum Gasteiger partial charge on any atom is -0.363 e. The Balaban J connectivity index is 1.71. The van der Waals surface area contributed by atoms with Gasteiger partial charge in [0.2, 0.25) is 0 Å². The summed E-state index contributed by atoms with van der Waals surface area (Å²) < 4.78 is 27.0. The number of aromatic nitrogens is 4. The van der Waals surface area contributed by atoms with Crippen molar-refractivity contribution in [1.82, 2.24) is 25.1 Å². The number of hydrogen-bond acceptors (Lipinski definition) is 5. The van der Waals surface area contributed by atoms with Gasteiger partial charge in [-0.25, -0.2) is 23.4 Å². The highest BCUT2D eigenvalue weighted by atomic mass is 19.3. The van der Waals surface area contributed by atoms with Crippen molar-refractivity contribution in [2.45, 2.75) is 38.2 Å². The second kappa shape index (κ2) is 5.47. The predicted octanol–water partition coefficient (Wildman–Crippen LogP) is 2.21. The van der Waals surface area contributed by atoms with Crippen LogP contribution in [0.4, 0.5) is 14.6 Å². The van der Waals surface area contributed by atoms with Crippen LogP contribution in [0.5, 0.6) is 0 Å².